The van der Waals surface area contributed by atoms with Gasteiger partial charge in [-0.15, -0.1) is 0 Å². The second-order valence-electron chi connectivity index (χ2n) is 6.14. The van der Waals surface area contributed by atoms with Crippen molar-refractivity contribution >= 4 is 24.1 Å². The maximum atomic E-state index is 11.2. The van der Waals surface area contributed by atoms with Gasteiger partial charge < -0.3 is 19.5 Å². The Labute approximate surface area is 160 Å². The van der Waals surface area contributed by atoms with Crippen molar-refractivity contribution in [2.24, 2.45) is 12.0 Å². The standard InChI is InChI=1S/C20H27N5O2/c1-6-16-10-15(11-22-20(26)27-5)8-9-19(16)24(3)13-21-12-17-18(7-2)25(4)14-23-17/h7-10,12,14H,2,6,11,13H2,1,3-5H3,(H,22,26)/b21-12-. The average molecular weight is 369 g/mol. The fraction of sp³-hybridized carbons (Fsp3) is 0.350. The minimum Gasteiger partial charge on any atom is -0.453 e. The summed E-state index contributed by atoms with van der Waals surface area (Å²) in [6.07, 6.45) is 5.74. The van der Waals surface area contributed by atoms with Gasteiger partial charge in [-0.1, -0.05) is 25.6 Å². The van der Waals surface area contributed by atoms with Gasteiger partial charge in [-0.2, -0.15) is 0 Å². The first-order valence-corrected chi connectivity index (χ1v) is 8.78. The van der Waals surface area contributed by atoms with Crippen molar-refractivity contribution in [2.75, 3.05) is 25.7 Å². The Morgan fingerprint density at radius 3 is 2.93 bits per heavy atom. The lowest BCUT2D eigenvalue weighted by Gasteiger charge is -2.21. The molecule has 0 bridgehead atoms. The van der Waals surface area contributed by atoms with Crippen LogP contribution in [-0.2, 0) is 24.8 Å². The second-order valence-corrected chi connectivity index (χ2v) is 6.14. The molecule has 2 aromatic rings. The van der Waals surface area contributed by atoms with Crippen LogP contribution in [0.3, 0.4) is 0 Å². The van der Waals surface area contributed by atoms with Crippen molar-refractivity contribution in [1.29, 1.82) is 0 Å². The summed E-state index contributed by atoms with van der Waals surface area (Å²) in [5.41, 5.74) is 5.09. The first-order chi connectivity index (χ1) is 13.0. The molecule has 144 valence electrons. The van der Waals surface area contributed by atoms with Gasteiger partial charge in [0.15, 0.2) is 0 Å². The number of aliphatic imine (C=N–C) groups is 1. The molecule has 1 aromatic carbocycles. The number of aryl methyl sites for hydroxylation is 2. The largest absolute Gasteiger partial charge is 0.453 e. The summed E-state index contributed by atoms with van der Waals surface area (Å²) < 4.78 is 6.51. The van der Waals surface area contributed by atoms with E-state index in [4.69, 9.17) is 0 Å². The summed E-state index contributed by atoms with van der Waals surface area (Å²) in [4.78, 5) is 22.1. The van der Waals surface area contributed by atoms with E-state index in [9.17, 15) is 4.79 Å². The quantitative estimate of drug-likeness (QED) is 0.726. The van der Waals surface area contributed by atoms with E-state index in [2.05, 4.69) is 50.6 Å². The zero-order valence-electron chi connectivity index (χ0n) is 16.4. The van der Waals surface area contributed by atoms with Gasteiger partial charge in [0.1, 0.15) is 12.4 Å². The fourth-order valence-electron chi connectivity index (χ4n) is 2.78. The Bertz CT molecular complexity index is 826. The number of ether oxygens (including phenoxy) is 1. The molecule has 1 amide bonds. The van der Waals surface area contributed by atoms with E-state index in [-0.39, 0.29) is 0 Å². The van der Waals surface area contributed by atoms with Crippen molar-refractivity contribution < 1.29 is 9.53 Å². The predicted molar refractivity (Wildman–Crippen MR) is 109 cm³/mol. The van der Waals surface area contributed by atoms with Crippen LogP contribution in [0.5, 0.6) is 0 Å². The van der Waals surface area contributed by atoms with Gasteiger partial charge in [0.2, 0.25) is 0 Å². The molecule has 7 nitrogen and oxygen atoms in total. The molecule has 0 saturated carbocycles. The zero-order chi connectivity index (χ0) is 19.8. The van der Waals surface area contributed by atoms with Gasteiger partial charge in [-0.25, -0.2) is 9.78 Å². The number of aromatic nitrogens is 2. The van der Waals surface area contributed by atoms with Crippen molar-refractivity contribution in [2.45, 2.75) is 19.9 Å². The molecule has 1 aromatic heterocycles. The molecule has 0 aliphatic rings. The zero-order valence-corrected chi connectivity index (χ0v) is 16.4. The van der Waals surface area contributed by atoms with Crippen LogP contribution in [0, 0.1) is 0 Å². The monoisotopic (exact) mass is 369 g/mol. The highest BCUT2D eigenvalue weighted by Crippen LogP contribution is 2.22. The third-order valence-electron chi connectivity index (χ3n) is 4.27. The maximum Gasteiger partial charge on any atom is 0.407 e. The van der Waals surface area contributed by atoms with Crippen LogP contribution in [0.1, 0.15) is 29.4 Å². The maximum absolute atomic E-state index is 11.2. The van der Waals surface area contributed by atoms with E-state index in [1.54, 1.807) is 18.6 Å². The Morgan fingerprint density at radius 2 is 2.26 bits per heavy atom. The normalized spacial score (nSPS) is 10.8. The fourth-order valence-corrected chi connectivity index (χ4v) is 2.78. The molecule has 27 heavy (non-hydrogen) atoms. The summed E-state index contributed by atoms with van der Waals surface area (Å²) in [7, 11) is 5.29. The highest BCUT2D eigenvalue weighted by atomic mass is 16.5. The first-order valence-electron chi connectivity index (χ1n) is 8.78. The van der Waals surface area contributed by atoms with Crippen LogP contribution in [0.4, 0.5) is 10.5 Å². The topological polar surface area (TPSA) is 71.8 Å². The Balaban J connectivity index is 2.06. The highest BCUT2D eigenvalue weighted by molar-refractivity contribution is 5.82. The van der Waals surface area contributed by atoms with Gasteiger partial charge in [0.25, 0.3) is 0 Å². The number of anilines is 1. The lowest BCUT2D eigenvalue weighted by Crippen LogP contribution is -2.23. The smallest absolute Gasteiger partial charge is 0.407 e. The third kappa shape index (κ3) is 5.20. The number of amides is 1. The minimum absolute atomic E-state index is 0.433. The molecule has 7 heteroatoms. The number of nitrogens with one attached hydrogen (secondary N) is 1. The molecular weight excluding hydrogens is 342 g/mol. The number of rotatable bonds is 8. The molecule has 0 radical (unpaired) electrons. The lowest BCUT2D eigenvalue weighted by atomic mass is 10.1. The van der Waals surface area contributed by atoms with Gasteiger partial charge in [0.05, 0.1) is 25.3 Å². The number of nitrogens with zero attached hydrogens (tertiary/aromatic N) is 4. The van der Waals surface area contributed by atoms with Crippen molar-refractivity contribution in [1.82, 2.24) is 14.9 Å². The van der Waals surface area contributed by atoms with Gasteiger partial charge in [-0.05, 0) is 29.7 Å². The summed E-state index contributed by atoms with van der Waals surface area (Å²) in [5, 5.41) is 2.70. The van der Waals surface area contributed by atoms with Crippen LogP contribution in [0.15, 0.2) is 36.1 Å². The van der Waals surface area contributed by atoms with E-state index >= 15 is 0 Å². The second kappa shape index (κ2) is 9.56. The molecule has 0 aliphatic heterocycles. The van der Waals surface area contributed by atoms with E-state index in [0.29, 0.717) is 13.2 Å². The number of alkyl carbamates (subject to hydrolysis) is 1. The average Bonchev–Trinajstić information content (AvgIpc) is 3.04. The number of hydrogen-bond acceptors (Lipinski definition) is 5. The number of hydrogen-bond donors (Lipinski definition) is 1. The molecule has 2 rings (SSSR count). The number of carbonyl (C=O) groups is 1. The SMILES string of the molecule is C=Cc1c(/C=N\CN(C)c2ccc(CNC(=O)OC)cc2CC)ncn1C. The summed E-state index contributed by atoms with van der Waals surface area (Å²) in [6.45, 7) is 6.87. The summed E-state index contributed by atoms with van der Waals surface area (Å²) in [5.74, 6) is 0. The molecule has 0 atom stereocenters. The van der Waals surface area contributed by atoms with Crippen LogP contribution in [0.25, 0.3) is 6.08 Å². The molecule has 1 N–H and O–H groups in total. The molecular formula is C20H27N5O2. The van der Waals surface area contributed by atoms with Crippen molar-refractivity contribution in [3.8, 4) is 0 Å². The Kier molecular flexibility index (Phi) is 7.16. The van der Waals surface area contributed by atoms with Gasteiger partial charge in [0, 0.05) is 26.3 Å². The first kappa shape index (κ1) is 20.2. The molecule has 0 unspecified atom stereocenters. The number of benzene rings is 1. The third-order valence-corrected chi connectivity index (χ3v) is 4.27. The molecule has 1 heterocycles. The van der Waals surface area contributed by atoms with E-state index in [1.807, 2.05) is 24.7 Å². The van der Waals surface area contributed by atoms with Gasteiger partial charge in [-0.3, -0.25) is 4.99 Å². The van der Waals surface area contributed by atoms with E-state index in [0.717, 1.165) is 29.1 Å². The Morgan fingerprint density at radius 1 is 1.48 bits per heavy atom. The molecule has 0 spiro atoms. The Hall–Kier alpha value is -3.09. The van der Waals surface area contributed by atoms with Crippen LogP contribution in [0.2, 0.25) is 0 Å². The number of imidazole rings is 1. The summed E-state index contributed by atoms with van der Waals surface area (Å²) >= 11 is 0. The number of carbonyl (C=O) groups excluding carboxylic acids is 1. The van der Waals surface area contributed by atoms with Crippen LogP contribution < -0.4 is 10.2 Å². The van der Waals surface area contributed by atoms with E-state index in [1.165, 1.54) is 12.7 Å². The predicted octanol–water partition coefficient (Wildman–Crippen LogP) is 2.99. The van der Waals surface area contributed by atoms with Crippen molar-refractivity contribution in [3.63, 3.8) is 0 Å². The summed E-state index contributed by atoms with van der Waals surface area (Å²) in [6, 6.07) is 6.15. The lowest BCUT2D eigenvalue weighted by molar-refractivity contribution is 0.170. The molecule has 0 saturated heterocycles. The minimum atomic E-state index is -0.433. The van der Waals surface area contributed by atoms with E-state index < -0.39 is 6.09 Å². The number of methoxy groups -OCH3 is 1. The molecule has 0 fully saturated rings. The molecule has 0 aliphatic carbocycles. The van der Waals surface area contributed by atoms with Crippen LogP contribution >= 0.6 is 0 Å². The van der Waals surface area contributed by atoms with Gasteiger partial charge >= 0.3 is 6.09 Å². The highest BCUT2D eigenvalue weighted by Gasteiger charge is 2.08. The van der Waals surface area contributed by atoms with Crippen molar-refractivity contribution in [3.05, 3.63) is 53.6 Å². The van der Waals surface area contributed by atoms with Crippen LogP contribution in [-0.4, -0.2) is 42.7 Å².